The van der Waals surface area contributed by atoms with Crippen LogP contribution in [0.25, 0.3) is 5.76 Å². The molecule has 0 atom stereocenters. The summed E-state index contributed by atoms with van der Waals surface area (Å²) < 4.78 is 84.2. The number of benzene rings is 1. The summed E-state index contributed by atoms with van der Waals surface area (Å²) in [5, 5.41) is 10.1. The average Bonchev–Trinajstić information content (AvgIpc) is 2.58. The number of carbonyl (C=O) groups is 1. The molecule has 10 heteroatoms. The van der Waals surface area contributed by atoms with Crippen LogP contribution in [-0.4, -0.2) is 30.4 Å². The molecule has 0 aliphatic rings. The van der Waals surface area contributed by atoms with Crippen molar-refractivity contribution in [2.24, 2.45) is 4.99 Å². The molecule has 146 valence electrons. The number of hydrogen-bond acceptors (Lipinski definition) is 4. The van der Waals surface area contributed by atoms with Crippen molar-refractivity contribution in [3.8, 4) is 0 Å². The Bertz CT molecular complexity index is 812. The number of nitrogens with zero attached hydrogens (tertiary/aromatic N) is 1. The normalized spacial score (nSPS) is 12.7. The first-order chi connectivity index (χ1) is 12.6. The van der Waals surface area contributed by atoms with Crippen molar-refractivity contribution in [1.29, 1.82) is 0 Å². The van der Waals surface area contributed by atoms with Crippen molar-refractivity contribution in [1.82, 2.24) is 0 Å². The second kappa shape index (κ2) is 9.06. The molecule has 0 saturated carbocycles. The second-order valence-electron chi connectivity index (χ2n) is 4.84. The third-order valence-corrected chi connectivity index (χ3v) is 2.96. The van der Waals surface area contributed by atoms with Crippen LogP contribution >= 0.6 is 0 Å². The van der Waals surface area contributed by atoms with Gasteiger partial charge in [0.25, 0.3) is 0 Å². The first-order valence-corrected chi connectivity index (χ1v) is 7.13. The van der Waals surface area contributed by atoms with Gasteiger partial charge < -0.3 is 9.84 Å². The quantitative estimate of drug-likeness (QED) is 0.142. The number of esters is 1. The van der Waals surface area contributed by atoms with Crippen LogP contribution in [0.3, 0.4) is 0 Å². The summed E-state index contributed by atoms with van der Waals surface area (Å²) in [7, 11) is 0. The number of alkyl halides is 3. The van der Waals surface area contributed by atoms with Crippen LogP contribution in [0.2, 0.25) is 0 Å². The Morgan fingerprint density at radius 1 is 1.19 bits per heavy atom. The number of rotatable bonds is 7. The summed E-state index contributed by atoms with van der Waals surface area (Å²) in [6.07, 6.45) is -2.49. The van der Waals surface area contributed by atoms with Crippen molar-refractivity contribution >= 4 is 17.9 Å². The lowest BCUT2D eigenvalue weighted by Gasteiger charge is -2.14. The summed E-state index contributed by atoms with van der Waals surface area (Å²) in [4.78, 5) is 15.5. The van der Waals surface area contributed by atoms with E-state index in [1.807, 2.05) is 0 Å². The van der Waals surface area contributed by atoms with E-state index < -0.39 is 52.1 Å². The molecule has 0 saturated heterocycles. The number of hydrogen-bond donors (Lipinski definition) is 1. The fourth-order valence-corrected chi connectivity index (χ4v) is 1.81. The summed E-state index contributed by atoms with van der Waals surface area (Å²) >= 11 is 0. The second-order valence-corrected chi connectivity index (χ2v) is 4.84. The summed E-state index contributed by atoms with van der Waals surface area (Å²) in [6, 6.07) is -0.0165. The van der Waals surface area contributed by atoms with Crippen LogP contribution in [0.5, 0.6) is 0 Å². The van der Waals surface area contributed by atoms with Crippen LogP contribution in [0, 0.1) is 17.5 Å². The number of halogens is 6. The van der Waals surface area contributed by atoms with E-state index in [-0.39, 0.29) is 19.2 Å². The van der Waals surface area contributed by atoms with Crippen LogP contribution in [0.1, 0.15) is 11.1 Å². The molecule has 0 heterocycles. The van der Waals surface area contributed by atoms with E-state index in [1.165, 1.54) is 6.08 Å². The Balaban J connectivity index is 3.69. The van der Waals surface area contributed by atoms with Crippen molar-refractivity contribution in [3.05, 3.63) is 65.5 Å². The van der Waals surface area contributed by atoms with Gasteiger partial charge in [-0.25, -0.2) is 18.0 Å². The number of aliphatic imine (C=N–C) groups is 1. The van der Waals surface area contributed by atoms with Crippen molar-refractivity contribution < 1.29 is 41.0 Å². The standard InChI is InChI=1S/C17H13F6NO3/c1-3-5-24-8-10(16(26)27-6-4-2)15(25)9-7-11(18)14(20)12(13(9)19)17(21,22)23/h3-4,7-8,25H,1-2,5-6H2. The van der Waals surface area contributed by atoms with E-state index in [2.05, 4.69) is 22.9 Å². The first kappa shape index (κ1) is 22.0. The smallest absolute Gasteiger partial charge is 0.422 e. The highest BCUT2D eigenvalue weighted by Gasteiger charge is 2.41. The Hall–Kier alpha value is -3.04. The van der Waals surface area contributed by atoms with Crippen LogP contribution < -0.4 is 0 Å². The molecule has 1 rings (SSSR count). The number of aliphatic hydroxyl groups excluding tert-OH is 1. The highest BCUT2D eigenvalue weighted by Crippen LogP contribution is 2.37. The maximum absolute atomic E-state index is 14.2. The number of ether oxygens (including phenoxy) is 1. The van der Waals surface area contributed by atoms with Gasteiger partial charge in [-0.2, -0.15) is 13.2 Å². The lowest BCUT2D eigenvalue weighted by molar-refractivity contribution is -0.142. The van der Waals surface area contributed by atoms with Crippen molar-refractivity contribution in [3.63, 3.8) is 0 Å². The minimum absolute atomic E-state index is 0.0165. The van der Waals surface area contributed by atoms with E-state index >= 15 is 0 Å². The maximum atomic E-state index is 14.2. The summed E-state index contributed by atoms with van der Waals surface area (Å²) in [5.41, 5.74) is -4.82. The Morgan fingerprint density at radius 3 is 2.33 bits per heavy atom. The van der Waals surface area contributed by atoms with Crippen molar-refractivity contribution in [2.75, 3.05) is 13.2 Å². The van der Waals surface area contributed by atoms with Crippen LogP contribution in [-0.2, 0) is 15.7 Å². The molecule has 0 bridgehead atoms. The van der Waals surface area contributed by atoms with Crippen LogP contribution in [0.4, 0.5) is 26.3 Å². The molecule has 0 amide bonds. The largest absolute Gasteiger partial charge is 0.506 e. The van der Waals surface area contributed by atoms with E-state index in [4.69, 9.17) is 0 Å². The number of carbonyl (C=O) groups excluding carboxylic acids is 1. The third-order valence-electron chi connectivity index (χ3n) is 2.96. The van der Waals surface area contributed by atoms with Gasteiger partial charge >= 0.3 is 12.1 Å². The van der Waals surface area contributed by atoms with Gasteiger partial charge in [0.05, 0.1) is 12.1 Å². The van der Waals surface area contributed by atoms with Gasteiger partial charge in [-0.05, 0) is 6.07 Å². The number of aliphatic hydroxyl groups is 1. The van der Waals surface area contributed by atoms with E-state index in [0.717, 1.165) is 6.08 Å². The molecule has 0 radical (unpaired) electrons. The van der Waals surface area contributed by atoms with E-state index in [9.17, 15) is 36.2 Å². The van der Waals surface area contributed by atoms with Crippen LogP contribution in [0.15, 0.2) is 41.9 Å². The minimum Gasteiger partial charge on any atom is -0.506 e. The Labute approximate surface area is 149 Å². The van der Waals surface area contributed by atoms with Gasteiger partial charge in [-0.3, -0.25) is 4.99 Å². The van der Waals surface area contributed by atoms with Gasteiger partial charge in [0.15, 0.2) is 11.6 Å². The van der Waals surface area contributed by atoms with Gasteiger partial charge in [-0.15, -0.1) is 6.58 Å². The lowest BCUT2D eigenvalue weighted by Crippen LogP contribution is -2.17. The van der Waals surface area contributed by atoms with Gasteiger partial charge in [-0.1, -0.05) is 18.7 Å². The zero-order chi connectivity index (χ0) is 20.8. The molecule has 27 heavy (non-hydrogen) atoms. The lowest BCUT2D eigenvalue weighted by atomic mass is 10.0. The molecular weight excluding hydrogens is 380 g/mol. The molecule has 0 aromatic heterocycles. The zero-order valence-corrected chi connectivity index (χ0v) is 13.6. The van der Waals surface area contributed by atoms with Gasteiger partial charge in [0, 0.05) is 6.21 Å². The first-order valence-electron chi connectivity index (χ1n) is 7.13. The molecule has 0 unspecified atom stereocenters. The molecule has 1 aromatic carbocycles. The van der Waals surface area contributed by atoms with E-state index in [0.29, 0.717) is 6.21 Å². The Morgan fingerprint density at radius 2 is 1.81 bits per heavy atom. The van der Waals surface area contributed by atoms with E-state index in [1.54, 1.807) is 0 Å². The Kier molecular flexibility index (Phi) is 7.38. The molecule has 0 aliphatic heterocycles. The highest BCUT2D eigenvalue weighted by molar-refractivity contribution is 6.15. The monoisotopic (exact) mass is 393 g/mol. The van der Waals surface area contributed by atoms with Crippen molar-refractivity contribution in [2.45, 2.75) is 6.18 Å². The topological polar surface area (TPSA) is 58.9 Å². The third kappa shape index (κ3) is 5.22. The van der Waals surface area contributed by atoms with Gasteiger partial charge in [0.2, 0.25) is 0 Å². The highest BCUT2D eigenvalue weighted by atomic mass is 19.4. The molecule has 0 fully saturated rings. The molecule has 1 aromatic rings. The van der Waals surface area contributed by atoms with Gasteiger partial charge in [0.1, 0.15) is 29.3 Å². The minimum atomic E-state index is -5.59. The maximum Gasteiger partial charge on any atom is 0.422 e. The fourth-order valence-electron chi connectivity index (χ4n) is 1.81. The molecule has 0 spiro atoms. The molecular formula is C17H13F6NO3. The molecule has 0 aliphatic carbocycles. The zero-order valence-electron chi connectivity index (χ0n) is 13.6. The SMILES string of the molecule is C=CCN=CC(C(=O)OCC=C)=C(O)c1cc(F)c(F)c(C(F)(F)F)c1F. The molecule has 1 N–H and O–H groups in total. The summed E-state index contributed by atoms with van der Waals surface area (Å²) in [6.45, 7) is 6.18. The predicted octanol–water partition coefficient (Wildman–Crippen LogP) is 4.38. The molecule has 4 nitrogen and oxygen atoms in total. The predicted molar refractivity (Wildman–Crippen MR) is 85.6 cm³/mol. The average molecular weight is 393 g/mol. The fraction of sp³-hybridized carbons (Fsp3) is 0.176. The summed E-state index contributed by atoms with van der Waals surface area (Å²) in [5.74, 6) is -9.58.